The molecule has 1 heterocycles. The predicted octanol–water partition coefficient (Wildman–Crippen LogP) is 1.68. The van der Waals surface area contributed by atoms with E-state index in [1.54, 1.807) is 18.2 Å². The summed E-state index contributed by atoms with van der Waals surface area (Å²) >= 11 is 5.61. The zero-order valence-corrected chi connectivity index (χ0v) is 12.7. The van der Waals surface area contributed by atoms with Gasteiger partial charge in [-0.1, -0.05) is 0 Å². The topological polar surface area (TPSA) is 121 Å². The van der Waals surface area contributed by atoms with E-state index in [1.807, 2.05) is 0 Å². The number of benzene rings is 1. The van der Waals surface area contributed by atoms with E-state index in [4.69, 9.17) is 32.5 Å². The molecule has 10 heteroatoms. The third-order valence-corrected chi connectivity index (χ3v) is 2.64. The van der Waals surface area contributed by atoms with Crippen molar-refractivity contribution in [1.29, 1.82) is 0 Å². The van der Waals surface area contributed by atoms with Crippen LogP contribution in [-0.2, 0) is 0 Å². The van der Waals surface area contributed by atoms with Crippen molar-refractivity contribution in [3.05, 3.63) is 41.1 Å². The average molecular weight is 339 g/mol. The Balaban J connectivity index is 2.28. The number of rotatable bonds is 5. The second-order valence-electron chi connectivity index (χ2n) is 4.07. The van der Waals surface area contributed by atoms with Crippen LogP contribution >= 0.6 is 11.6 Å². The summed E-state index contributed by atoms with van der Waals surface area (Å²) in [6.07, 6.45) is 2.32. The standard InChI is InChI=1S/C13H12ClFN6O2/c1-22-10-4-7(5-19-21-13(16)17)2-3-9(10)23-11-8(15)6-18-12(14)20-11/h2-6H,1H3,(H4,16,17,21). The third kappa shape index (κ3) is 4.51. The van der Waals surface area contributed by atoms with Gasteiger partial charge in [0.1, 0.15) is 0 Å². The lowest BCUT2D eigenvalue weighted by Gasteiger charge is -2.10. The van der Waals surface area contributed by atoms with Crippen LogP contribution in [0, 0.1) is 5.82 Å². The summed E-state index contributed by atoms with van der Waals surface area (Å²) in [4.78, 5) is 7.17. The van der Waals surface area contributed by atoms with Crippen molar-refractivity contribution >= 4 is 23.8 Å². The minimum Gasteiger partial charge on any atom is -0.493 e. The van der Waals surface area contributed by atoms with Gasteiger partial charge in [-0.3, -0.25) is 0 Å². The van der Waals surface area contributed by atoms with Gasteiger partial charge in [0, 0.05) is 0 Å². The Morgan fingerprint density at radius 3 is 2.83 bits per heavy atom. The minimum atomic E-state index is -0.755. The molecule has 0 radical (unpaired) electrons. The first-order valence-corrected chi connectivity index (χ1v) is 6.53. The highest BCUT2D eigenvalue weighted by molar-refractivity contribution is 6.28. The van der Waals surface area contributed by atoms with E-state index in [0.29, 0.717) is 11.3 Å². The molecule has 0 fully saturated rings. The number of hydrogen-bond acceptors (Lipinski definition) is 6. The van der Waals surface area contributed by atoms with E-state index in [1.165, 1.54) is 13.3 Å². The van der Waals surface area contributed by atoms with Gasteiger partial charge in [-0.05, 0) is 35.4 Å². The molecule has 0 bridgehead atoms. The van der Waals surface area contributed by atoms with Gasteiger partial charge in [-0.2, -0.15) is 14.5 Å². The summed E-state index contributed by atoms with van der Waals surface area (Å²) in [5, 5.41) is 7.01. The molecule has 4 N–H and O–H groups in total. The van der Waals surface area contributed by atoms with E-state index in [9.17, 15) is 4.39 Å². The molecule has 0 aliphatic rings. The molecule has 2 rings (SSSR count). The molecule has 0 unspecified atom stereocenters. The maximum Gasteiger partial charge on any atom is 0.260 e. The molecule has 0 saturated heterocycles. The Hall–Kier alpha value is -2.94. The largest absolute Gasteiger partial charge is 0.493 e. The molecular formula is C13H12ClFN6O2. The Bertz CT molecular complexity index is 764. The number of halogens is 2. The van der Waals surface area contributed by atoms with Crippen molar-refractivity contribution in [2.75, 3.05) is 7.11 Å². The zero-order chi connectivity index (χ0) is 16.8. The van der Waals surface area contributed by atoms with Crippen LogP contribution in [0.2, 0.25) is 5.28 Å². The lowest BCUT2D eigenvalue weighted by molar-refractivity contribution is 0.363. The fraction of sp³-hybridized carbons (Fsp3) is 0.0769. The number of nitrogens with zero attached hydrogens (tertiary/aromatic N) is 4. The van der Waals surface area contributed by atoms with Gasteiger partial charge >= 0.3 is 0 Å². The number of aromatic nitrogens is 2. The molecule has 0 spiro atoms. The van der Waals surface area contributed by atoms with Gasteiger partial charge in [0.05, 0.1) is 19.5 Å². The predicted molar refractivity (Wildman–Crippen MR) is 83.5 cm³/mol. The molecular weight excluding hydrogens is 327 g/mol. The SMILES string of the molecule is COc1cc(C=NN=C(N)N)ccc1Oc1nc(Cl)ncc1F. The summed E-state index contributed by atoms with van der Waals surface area (Å²) in [5.41, 5.74) is 11.0. The summed E-state index contributed by atoms with van der Waals surface area (Å²) in [6, 6.07) is 4.79. The number of guanidine groups is 1. The van der Waals surface area contributed by atoms with Gasteiger partial charge in [-0.15, -0.1) is 5.10 Å². The van der Waals surface area contributed by atoms with Gasteiger partial charge < -0.3 is 20.9 Å². The van der Waals surface area contributed by atoms with Crippen LogP contribution in [-0.4, -0.2) is 29.3 Å². The normalized spacial score (nSPS) is 10.6. The van der Waals surface area contributed by atoms with Crippen molar-refractivity contribution in [2.45, 2.75) is 0 Å². The van der Waals surface area contributed by atoms with Gasteiger partial charge in [-0.25, -0.2) is 4.98 Å². The van der Waals surface area contributed by atoms with Crippen molar-refractivity contribution < 1.29 is 13.9 Å². The van der Waals surface area contributed by atoms with Gasteiger partial charge in [0.2, 0.25) is 17.1 Å². The van der Waals surface area contributed by atoms with Gasteiger partial charge in [0.25, 0.3) is 5.88 Å². The number of hydrogen-bond donors (Lipinski definition) is 2. The number of nitrogens with two attached hydrogens (primary N) is 2. The maximum absolute atomic E-state index is 13.6. The highest BCUT2D eigenvalue weighted by Crippen LogP contribution is 2.32. The number of ether oxygens (including phenoxy) is 2. The van der Waals surface area contributed by atoms with Crippen molar-refractivity contribution in [3.8, 4) is 17.4 Å². The van der Waals surface area contributed by atoms with E-state index >= 15 is 0 Å². The summed E-state index contributed by atoms with van der Waals surface area (Å²) < 4.78 is 24.2. The van der Waals surface area contributed by atoms with Crippen molar-refractivity contribution in [1.82, 2.24) is 9.97 Å². The van der Waals surface area contributed by atoms with Crippen LogP contribution in [0.5, 0.6) is 17.4 Å². The molecule has 1 aromatic carbocycles. The fourth-order valence-corrected chi connectivity index (χ4v) is 1.64. The smallest absolute Gasteiger partial charge is 0.260 e. The molecule has 2 aromatic rings. The molecule has 0 amide bonds. The third-order valence-electron chi connectivity index (χ3n) is 2.46. The second kappa shape index (κ2) is 7.36. The molecule has 120 valence electrons. The zero-order valence-electron chi connectivity index (χ0n) is 11.9. The highest BCUT2D eigenvalue weighted by atomic mass is 35.5. The minimum absolute atomic E-state index is 0.138. The highest BCUT2D eigenvalue weighted by Gasteiger charge is 2.12. The molecule has 8 nitrogen and oxygen atoms in total. The Morgan fingerprint density at radius 2 is 2.13 bits per heavy atom. The quantitative estimate of drug-likeness (QED) is 0.370. The molecule has 0 aliphatic carbocycles. The first kappa shape index (κ1) is 16.4. The second-order valence-corrected chi connectivity index (χ2v) is 4.41. The summed E-state index contributed by atoms with van der Waals surface area (Å²) in [5.74, 6) is -0.669. The lowest BCUT2D eigenvalue weighted by atomic mass is 10.2. The monoisotopic (exact) mass is 338 g/mol. The first-order valence-electron chi connectivity index (χ1n) is 6.15. The Kier molecular flexibility index (Phi) is 5.26. The van der Waals surface area contributed by atoms with E-state index < -0.39 is 5.82 Å². The van der Waals surface area contributed by atoms with Crippen LogP contribution in [0.1, 0.15) is 5.56 Å². The van der Waals surface area contributed by atoms with Crippen LogP contribution in [0.25, 0.3) is 0 Å². The van der Waals surface area contributed by atoms with Crippen LogP contribution < -0.4 is 20.9 Å². The van der Waals surface area contributed by atoms with E-state index in [2.05, 4.69) is 20.2 Å². The number of methoxy groups -OCH3 is 1. The average Bonchev–Trinajstić information content (AvgIpc) is 2.51. The van der Waals surface area contributed by atoms with Gasteiger partial charge in [0.15, 0.2) is 11.5 Å². The van der Waals surface area contributed by atoms with Crippen LogP contribution in [0.3, 0.4) is 0 Å². The first-order chi connectivity index (χ1) is 11.0. The summed E-state index contributed by atoms with van der Waals surface area (Å²) in [6.45, 7) is 0. The van der Waals surface area contributed by atoms with Crippen molar-refractivity contribution in [2.24, 2.45) is 21.7 Å². The van der Waals surface area contributed by atoms with E-state index in [-0.39, 0.29) is 22.9 Å². The summed E-state index contributed by atoms with van der Waals surface area (Å²) in [7, 11) is 1.43. The molecule has 23 heavy (non-hydrogen) atoms. The molecule has 0 saturated carbocycles. The fourth-order valence-electron chi connectivity index (χ4n) is 1.52. The molecule has 0 atom stereocenters. The van der Waals surface area contributed by atoms with E-state index in [0.717, 1.165) is 6.20 Å². The lowest BCUT2D eigenvalue weighted by Crippen LogP contribution is -2.21. The molecule has 0 aliphatic heterocycles. The Morgan fingerprint density at radius 1 is 1.35 bits per heavy atom. The maximum atomic E-state index is 13.6. The van der Waals surface area contributed by atoms with Crippen LogP contribution in [0.15, 0.2) is 34.6 Å². The molecule has 1 aromatic heterocycles. The van der Waals surface area contributed by atoms with Crippen LogP contribution in [0.4, 0.5) is 4.39 Å². The van der Waals surface area contributed by atoms with Crippen molar-refractivity contribution in [3.63, 3.8) is 0 Å². The Labute approximate surface area is 135 Å².